The van der Waals surface area contributed by atoms with Crippen molar-refractivity contribution in [3.05, 3.63) is 35.5 Å². The van der Waals surface area contributed by atoms with Gasteiger partial charge in [-0.15, -0.1) is 0 Å². The Morgan fingerprint density at radius 3 is 2.84 bits per heavy atom. The molecule has 1 aromatic carbocycles. The first-order valence-corrected chi connectivity index (χ1v) is 9.22. The molecule has 5 heteroatoms. The average Bonchev–Trinajstić information content (AvgIpc) is 3.02. The van der Waals surface area contributed by atoms with Crippen LogP contribution in [0.25, 0.3) is 10.9 Å². The molecule has 0 radical (unpaired) electrons. The second-order valence-electron chi connectivity index (χ2n) is 6.88. The number of para-hydroxylation sites is 1. The van der Waals surface area contributed by atoms with E-state index >= 15 is 0 Å². The van der Waals surface area contributed by atoms with Crippen LogP contribution in [0.3, 0.4) is 0 Å². The van der Waals surface area contributed by atoms with Gasteiger partial charge >= 0.3 is 0 Å². The molecule has 1 aromatic heterocycles. The van der Waals surface area contributed by atoms with Gasteiger partial charge in [0.25, 0.3) is 0 Å². The van der Waals surface area contributed by atoms with E-state index in [1.54, 1.807) is 0 Å². The number of pyridine rings is 1. The van der Waals surface area contributed by atoms with Crippen LogP contribution in [0.15, 0.2) is 24.3 Å². The second-order valence-corrected chi connectivity index (χ2v) is 6.88. The standard InChI is InChI=1S/C20H26N2O3/c1-3-16-14(2)22-18-7-5-4-6-17(18)19(16)21-12-15-13-24-20(25-15)8-10-23-11-9-20/h4-7,15H,3,8-13H2,1-2H3,(H,21,22). The van der Waals surface area contributed by atoms with Crippen molar-refractivity contribution in [1.29, 1.82) is 0 Å². The molecule has 0 amide bonds. The quantitative estimate of drug-likeness (QED) is 0.922. The lowest BCUT2D eigenvalue weighted by atomic mass is 10.0. The van der Waals surface area contributed by atoms with Crippen LogP contribution in [0, 0.1) is 6.92 Å². The van der Waals surface area contributed by atoms with Gasteiger partial charge < -0.3 is 19.5 Å². The molecule has 1 unspecified atom stereocenters. The lowest BCUT2D eigenvalue weighted by Gasteiger charge is -2.31. The number of hydrogen-bond acceptors (Lipinski definition) is 5. The van der Waals surface area contributed by atoms with Crippen molar-refractivity contribution in [3.8, 4) is 0 Å². The fourth-order valence-electron chi connectivity index (χ4n) is 3.89. The minimum atomic E-state index is -0.422. The number of ether oxygens (including phenoxy) is 3. The highest BCUT2D eigenvalue weighted by atomic mass is 16.7. The van der Waals surface area contributed by atoms with Crippen LogP contribution in [0.5, 0.6) is 0 Å². The van der Waals surface area contributed by atoms with Gasteiger partial charge in [-0.2, -0.15) is 0 Å². The average molecular weight is 342 g/mol. The third-order valence-corrected chi connectivity index (χ3v) is 5.23. The summed E-state index contributed by atoms with van der Waals surface area (Å²) in [7, 11) is 0. The molecule has 2 aromatic rings. The number of aryl methyl sites for hydroxylation is 1. The number of benzene rings is 1. The van der Waals surface area contributed by atoms with E-state index in [2.05, 4.69) is 37.4 Å². The first kappa shape index (κ1) is 16.8. The Bertz CT molecular complexity index is 756. The molecule has 2 aliphatic heterocycles. The van der Waals surface area contributed by atoms with E-state index in [-0.39, 0.29) is 6.10 Å². The van der Waals surface area contributed by atoms with Crippen LogP contribution in [0.2, 0.25) is 0 Å². The third-order valence-electron chi connectivity index (χ3n) is 5.23. The first-order valence-electron chi connectivity index (χ1n) is 9.22. The number of anilines is 1. The Morgan fingerprint density at radius 1 is 1.24 bits per heavy atom. The summed E-state index contributed by atoms with van der Waals surface area (Å²) >= 11 is 0. The molecule has 4 rings (SSSR count). The van der Waals surface area contributed by atoms with Crippen molar-refractivity contribution in [2.24, 2.45) is 0 Å². The Labute approximate surface area is 148 Å². The maximum absolute atomic E-state index is 6.25. The fourth-order valence-corrected chi connectivity index (χ4v) is 3.89. The molecule has 1 atom stereocenters. The predicted molar refractivity (Wildman–Crippen MR) is 98.0 cm³/mol. The van der Waals surface area contributed by atoms with Crippen LogP contribution >= 0.6 is 0 Å². The molecule has 3 heterocycles. The molecule has 2 saturated heterocycles. The summed E-state index contributed by atoms with van der Waals surface area (Å²) < 4.78 is 17.7. The van der Waals surface area contributed by atoms with E-state index in [4.69, 9.17) is 19.2 Å². The van der Waals surface area contributed by atoms with Gasteiger partial charge in [0.2, 0.25) is 0 Å². The number of hydrogen-bond donors (Lipinski definition) is 1. The number of rotatable bonds is 4. The molecular weight excluding hydrogens is 316 g/mol. The van der Waals surface area contributed by atoms with E-state index in [1.165, 1.54) is 16.6 Å². The van der Waals surface area contributed by atoms with Crippen LogP contribution in [0.1, 0.15) is 31.0 Å². The molecule has 5 nitrogen and oxygen atoms in total. The van der Waals surface area contributed by atoms with Gasteiger partial charge in [0.15, 0.2) is 5.79 Å². The number of aromatic nitrogens is 1. The summed E-state index contributed by atoms with van der Waals surface area (Å²) in [5, 5.41) is 4.81. The monoisotopic (exact) mass is 342 g/mol. The summed E-state index contributed by atoms with van der Waals surface area (Å²) in [4.78, 5) is 4.75. The normalized spacial score (nSPS) is 22.6. The number of nitrogens with one attached hydrogen (secondary N) is 1. The van der Waals surface area contributed by atoms with E-state index in [9.17, 15) is 0 Å². The van der Waals surface area contributed by atoms with E-state index < -0.39 is 5.79 Å². The highest BCUT2D eigenvalue weighted by Gasteiger charge is 2.42. The Hall–Kier alpha value is -1.69. The van der Waals surface area contributed by atoms with Gasteiger partial charge in [-0.1, -0.05) is 25.1 Å². The second kappa shape index (κ2) is 6.90. The third kappa shape index (κ3) is 3.24. The summed E-state index contributed by atoms with van der Waals surface area (Å²) in [5.74, 6) is -0.422. The predicted octanol–water partition coefficient (Wildman–Crippen LogP) is 3.44. The van der Waals surface area contributed by atoms with E-state index in [0.717, 1.165) is 37.0 Å². The molecule has 1 N–H and O–H groups in total. The molecule has 134 valence electrons. The zero-order chi connectivity index (χ0) is 17.3. The van der Waals surface area contributed by atoms with Crippen LogP contribution in [-0.4, -0.2) is 43.2 Å². The molecular formula is C20H26N2O3. The number of fused-ring (bicyclic) bond motifs is 1. The number of nitrogens with zero attached hydrogens (tertiary/aromatic N) is 1. The molecule has 2 fully saturated rings. The topological polar surface area (TPSA) is 52.6 Å². The highest BCUT2D eigenvalue weighted by Crippen LogP contribution is 2.34. The minimum Gasteiger partial charge on any atom is -0.382 e. The summed E-state index contributed by atoms with van der Waals surface area (Å²) in [6.07, 6.45) is 2.66. The SMILES string of the molecule is CCc1c(C)nc2ccccc2c1NCC1COC2(CCOCC2)O1. The largest absolute Gasteiger partial charge is 0.382 e. The van der Waals surface area contributed by atoms with Gasteiger partial charge in [0.1, 0.15) is 6.10 Å². The maximum atomic E-state index is 6.25. The summed E-state index contributed by atoms with van der Waals surface area (Å²) in [6.45, 7) is 7.07. The van der Waals surface area contributed by atoms with Crippen LogP contribution in [-0.2, 0) is 20.6 Å². The van der Waals surface area contributed by atoms with E-state index in [0.29, 0.717) is 19.8 Å². The Morgan fingerprint density at radius 2 is 2.04 bits per heavy atom. The van der Waals surface area contributed by atoms with Crippen molar-refractivity contribution in [1.82, 2.24) is 4.98 Å². The first-order chi connectivity index (χ1) is 12.2. The van der Waals surface area contributed by atoms with Crippen molar-refractivity contribution in [3.63, 3.8) is 0 Å². The summed E-state index contributed by atoms with van der Waals surface area (Å²) in [6, 6.07) is 8.30. The Balaban J connectivity index is 1.53. The van der Waals surface area contributed by atoms with Crippen LogP contribution in [0.4, 0.5) is 5.69 Å². The van der Waals surface area contributed by atoms with E-state index in [1.807, 2.05) is 6.07 Å². The lowest BCUT2D eigenvalue weighted by Crippen LogP contribution is -2.38. The molecule has 2 aliphatic rings. The molecule has 25 heavy (non-hydrogen) atoms. The smallest absolute Gasteiger partial charge is 0.173 e. The summed E-state index contributed by atoms with van der Waals surface area (Å²) in [5.41, 5.74) is 4.58. The van der Waals surface area contributed by atoms with Gasteiger partial charge in [0.05, 0.1) is 25.3 Å². The zero-order valence-electron chi connectivity index (χ0n) is 15.0. The lowest BCUT2D eigenvalue weighted by molar-refractivity contribution is -0.209. The van der Waals surface area contributed by atoms with Crippen molar-refractivity contribution < 1.29 is 14.2 Å². The molecule has 0 aliphatic carbocycles. The van der Waals surface area contributed by atoms with Crippen molar-refractivity contribution in [2.45, 2.75) is 45.0 Å². The van der Waals surface area contributed by atoms with Crippen LogP contribution < -0.4 is 5.32 Å². The maximum Gasteiger partial charge on any atom is 0.173 e. The van der Waals surface area contributed by atoms with Crippen molar-refractivity contribution in [2.75, 3.05) is 31.7 Å². The molecule has 1 spiro atoms. The van der Waals surface area contributed by atoms with Gasteiger partial charge in [0, 0.05) is 36.2 Å². The van der Waals surface area contributed by atoms with Crippen molar-refractivity contribution >= 4 is 16.6 Å². The van der Waals surface area contributed by atoms with Gasteiger partial charge in [-0.05, 0) is 25.0 Å². The van der Waals surface area contributed by atoms with Gasteiger partial charge in [-0.3, -0.25) is 4.98 Å². The fraction of sp³-hybridized carbons (Fsp3) is 0.550. The highest BCUT2D eigenvalue weighted by molar-refractivity contribution is 5.93. The zero-order valence-corrected chi connectivity index (χ0v) is 15.0. The minimum absolute atomic E-state index is 0.0649. The Kier molecular flexibility index (Phi) is 4.63. The molecule has 0 saturated carbocycles. The molecule has 0 bridgehead atoms. The van der Waals surface area contributed by atoms with Gasteiger partial charge in [-0.25, -0.2) is 0 Å².